The fraction of sp³-hybridized carbons (Fsp3) is 0.200. The van der Waals surface area contributed by atoms with Crippen LogP contribution in [-0.4, -0.2) is 19.0 Å². The highest BCUT2D eigenvalue weighted by molar-refractivity contribution is 9.10. The van der Waals surface area contributed by atoms with E-state index in [2.05, 4.69) is 15.9 Å². The van der Waals surface area contributed by atoms with Crippen LogP contribution in [0.4, 0.5) is 10.1 Å². The minimum atomic E-state index is -0.210. The van der Waals surface area contributed by atoms with Gasteiger partial charge >= 0.3 is 0 Å². The predicted octanol–water partition coefficient (Wildman–Crippen LogP) is 3.82. The quantitative estimate of drug-likeness (QED) is 0.870. The van der Waals surface area contributed by atoms with Crippen LogP contribution in [0.1, 0.15) is 17.2 Å². The summed E-state index contributed by atoms with van der Waals surface area (Å²) in [5, 5.41) is 0. The molecular formula is C15H16BrFN2. The molecule has 0 aliphatic rings. The van der Waals surface area contributed by atoms with E-state index in [1.54, 1.807) is 6.07 Å². The average Bonchev–Trinajstić information content (AvgIpc) is 2.36. The Balaban J connectivity index is 2.51. The number of benzene rings is 2. The van der Waals surface area contributed by atoms with E-state index in [9.17, 15) is 4.39 Å². The van der Waals surface area contributed by atoms with Gasteiger partial charge in [0.25, 0.3) is 0 Å². The van der Waals surface area contributed by atoms with Crippen LogP contribution in [0.5, 0.6) is 0 Å². The van der Waals surface area contributed by atoms with Crippen molar-refractivity contribution in [1.29, 1.82) is 0 Å². The molecule has 0 aliphatic carbocycles. The zero-order valence-electron chi connectivity index (χ0n) is 10.9. The van der Waals surface area contributed by atoms with Gasteiger partial charge in [-0.1, -0.05) is 28.1 Å². The second-order valence-corrected chi connectivity index (χ2v) is 5.61. The van der Waals surface area contributed by atoms with Gasteiger partial charge in [-0.2, -0.15) is 0 Å². The molecule has 19 heavy (non-hydrogen) atoms. The standard InChI is InChI=1S/C15H16BrFN2/c1-19(2)15(10-3-6-12(18)7-4-10)13-9-11(16)5-8-14(13)17/h3-9,15H,18H2,1-2H3. The lowest BCUT2D eigenvalue weighted by atomic mass is 9.97. The SMILES string of the molecule is CN(C)C(c1ccc(N)cc1)c1cc(Br)ccc1F. The van der Waals surface area contributed by atoms with E-state index in [1.807, 2.05) is 49.3 Å². The van der Waals surface area contributed by atoms with Crippen LogP contribution < -0.4 is 5.73 Å². The number of anilines is 1. The third kappa shape index (κ3) is 3.14. The molecule has 0 radical (unpaired) electrons. The summed E-state index contributed by atoms with van der Waals surface area (Å²) in [7, 11) is 3.86. The molecule has 2 rings (SSSR count). The van der Waals surface area contributed by atoms with Gasteiger partial charge in [-0.25, -0.2) is 4.39 Å². The number of nitrogens with zero attached hydrogens (tertiary/aromatic N) is 1. The molecule has 100 valence electrons. The van der Waals surface area contributed by atoms with E-state index in [-0.39, 0.29) is 11.9 Å². The molecule has 2 aromatic carbocycles. The second-order valence-electron chi connectivity index (χ2n) is 4.70. The molecular weight excluding hydrogens is 307 g/mol. The normalized spacial score (nSPS) is 12.7. The molecule has 0 heterocycles. The van der Waals surface area contributed by atoms with Crippen molar-refractivity contribution in [1.82, 2.24) is 4.90 Å². The highest BCUT2D eigenvalue weighted by atomic mass is 79.9. The summed E-state index contributed by atoms with van der Waals surface area (Å²) in [6.07, 6.45) is 0. The molecule has 0 aliphatic heterocycles. The number of hydrogen-bond donors (Lipinski definition) is 1. The summed E-state index contributed by atoms with van der Waals surface area (Å²) in [5.41, 5.74) is 8.06. The molecule has 0 saturated heterocycles. The first-order valence-electron chi connectivity index (χ1n) is 5.96. The van der Waals surface area contributed by atoms with Crippen molar-refractivity contribution in [2.75, 3.05) is 19.8 Å². The first-order chi connectivity index (χ1) is 8.99. The molecule has 0 spiro atoms. The van der Waals surface area contributed by atoms with Crippen LogP contribution in [0.3, 0.4) is 0 Å². The molecule has 0 aromatic heterocycles. The van der Waals surface area contributed by atoms with Crippen molar-refractivity contribution in [3.63, 3.8) is 0 Å². The average molecular weight is 323 g/mol. The number of halogens is 2. The minimum absolute atomic E-state index is 0.141. The van der Waals surface area contributed by atoms with E-state index in [0.717, 1.165) is 10.0 Å². The van der Waals surface area contributed by atoms with Gasteiger partial charge < -0.3 is 5.73 Å². The molecule has 2 aromatic rings. The zero-order valence-corrected chi connectivity index (χ0v) is 12.5. The lowest BCUT2D eigenvalue weighted by molar-refractivity contribution is 0.333. The van der Waals surface area contributed by atoms with Gasteiger partial charge in [0, 0.05) is 15.7 Å². The summed E-state index contributed by atoms with van der Waals surface area (Å²) in [4.78, 5) is 1.98. The van der Waals surface area contributed by atoms with Gasteiger partial charge in [0.1, 0.15) is 5.82 Å². The van der Waals surface area contributed by atoms with Crippen LogP contribution in [-0.2, 0) is 0 Å². The maximum Gasteiger partial charge on any atom is 0.128 e. The molecule has 0 fully saturated rings. The van der Waals surface area contributed by atoms with Gasteiger partial charge in [0.05, 0.1) is 6.04 Å². The monoisotopic (exact) mass is 322 g/mol. The van der Waals surface area contributed by atoms with E-state index in [4.69, 9.17) is 5.73 Å². The third-order valence-corrected chi connectivity index (χ3v) is 3.51. The second kappa shape index (κ2) is 5.72. The highest BCUT2D eigenvalue weighted by Crippen LogP contribution is 2.30. The van der Waals surface area contributed by atoms with Crippen LogP contribution in [0, 0.1) is 5.82 Å². The van der Waals surface area contributed by atoms with E-state index >= 15 is 0 Å². The van der Waals surface area contributed by atoms with Crippen LogP contribution >= 0.6 is 15.9 Å². The molecule has 0 bridgehead atoms. The lowest BCUT2D eigenvalue weighted by Gasteiger charge is -2.26. The Hall–Kier alpha value is -1.39. The third-order valence-electron chi connectivity index (χ3n) is 3.02. The van der Waals surface area contributed by atoms with Gasteiger partial charge in [-0.15, -0.1) is 0 Å². The fourth-order valence-corrected chi connectivity index (χ4v) is 2.54. The van der Waals surface area contributed by atoms with Crippen molar-refractivity contribution in [3.8, 4) is 0 Å². The smallest absolute Gasteiger partial charge is 0.128 e. The van der Waals surface area contributed by atoms with Gasteiger partial charge in [-0.3, -0.25) is 4.90 Å². The lowest BCUT2D eigenvalue weighted by Crippen LogP contribution is -2.22. The van der Waals surface area contributed by atoms with Crippen LogP contribution in [0.2, 0.25) is 0 Å². The number of nitrogen functional groups attached to an aromatic ring is 1. The fourth-order valence-electron chi connectivity index (χ4n) is 2.16. The maximum absolute atomic E-state index is 14.1. The van der Waals surface area contributed by atoms with Crippen molar-refractivity contribution in [2.24, 2.45) is 0 Å². The van der Waals surface area contributed by atoms with E-state index in [1.165, 1.54) is 6.07 Å². The molecule has 1 atom stereocenters. The Labute approximate surface area is 121 Å². The van der Waals surface area contributed by atoms with Gasteiger partial charge in [0.15, 0.2) is 0 Å². The maximum atomic E-state index is 14.1. The number of nitrogens with two attached hydrogens (primary N) is 1. The molecule has 0 saturated carbocycles. The molecule has 4 heteroatoms. The van der Waals surface area contributed by atoms with Crippen molar-refractivity contribution in [3.05, 3.63) is 63.9 Å². The van der Waals surface area contributed by atoms with E-state index < -0.39 is 0 Å². The van der Waals surface area contributed by atoms with Crippen molar-refractivity contribution < 1.29 is 4.39 Å². The number of hydrogen-bond acceptors (Lipinski definition) is 2. The first kappa shape index (κ1) is 14.0. The summed E-state index contributed by atoms with van der Waals surface area (Å²) in [6.45, 7) is 0. The topological polar surface area (TPSA) is 29.3 Å². The van der Waals surface area contributed by atoms with Gasteiger partial charge in [-0.05, 0) is 50.0 Å². The first-order valence-corrected chi connectivity index (χ1v) is 6.75. The molecule has 1 unspecified atom stereocenters. The van der Waals surface area contributed by atoms with Crippen molar-refractivity contribution in [2.45, 2.75) is 6.04 Å². The Kier molecular flexibility index (Phi) is 4.22. The summed E-state index contributed by atoms with van der Waals surface area (Å²) < 4.78 is 14.9. The van der Waals surface area contributed by atoms with Crippen molar-refractivity contribution >= 4 is 21.6 Å². The predicted molar refractivity (Wildman–Crippen MR) is 80.5 cm³/mol. The zero-order chi connectivity index (χ0) is 14.0. The summed E-state index contributed by atoms with van der Waals surface area (Å²) in [6, 6.07) is 12.4. The number of rotatable bonds is 3. The largest absolute Gasteiger partial charge is 0.399 e. The van der Waals surface area contributed by atoms with Gasteiger partial charge in [0.2, 0.25) is 0 Å². The molecule has 0 amide bonds. The van der Waals surface area contributed by atoms with E-state index in [0.29, 0.717) is 11.3 Å². The highest BCUT2D eigenvalue weighted by Gasteiger charge is 2.20. The Morgan fingerprint density at radius 3 is 2.32 bits per heavy atom. The minimum Gasteiger partial charge on any atom is -0.399 e. The molecule has 2 N–H and O–H groups in total. The summed E-state index contributed by atoms with van der Waals surface area (Å²) >= 11 is 3.39. The van der Waals surface area contributed by atoms with Crippen LogP contribution in [0.25, 0.3) is 0 Å². The Morgan fingerprint density at radius 2 is 1.74 bits per heavy atom. The van der Waals surface area contributed by atoms with Crippen LogP contribution in [0.15, 0.2) is 46.9 Å². The Bertz CT molecular complexity index is 567. The Morgan fingerprint density at radius 1 is 1.11 bits per heavy atom. The molecule has 2 nitrogen and oxygen atoms in total. The summed E-state index contributed by atoms with van der Waals surface area (Å²) in [5.74, 6) is -0.210.